The Bertz CT molecular complexity index is 1110. The van der Waals surface area contributed by atoms with E-state index in [0.29, 0.717) is 16.8 Å². The number of carbonyl (C=O) groups excluding carboxylic acids is 3. The van der Waals surface area contributed by atoms with Gasteiger partial charge in [-0.2, -0.15) is 0 Å². The third-order valence-electron chi connectivity index (χ3n) is 4.93. The summed E-state index contributed by atoms with van der Waals surface area (Å²) in [6.07, 6.45) is 0. The van der Waals surface area contributed by atoms with Gasteiger partial charge in [0.25, 0.3) is 11.8 Å². The van der Waals surface area contributed by atoms with Gasteiger partial charge in [-0.1, -0.05) is 11.6 Å². The van der Waals surface area contributed by atoms with Crippen molar-refractivity contribution in [1.82, 2.24) is 9.88 Å². The maximum absolute atomic E-state index is 13.1. The summed E-state index contributed by atoms with van der Waals surface area (Å²) in [5, 5.41) is 5.37. The summed E-state index contributed by atoms with van der Waals surface area (Å²) >= 11 is 0. The zero-order valence-corrected chi connectivity index (χ0v) is 18.0. The lowest BCUT2D eigenvalue weighted by Crippen LogP contribution is -2.30. The summed E-state index contributed by atoms with van der Waals surface area (Å²) in [5.41, 5.74) is 5.35. The fraction of sp³-hybridized carbons (Fsp3) is 0.208. The number of methoxy groups -OCH3 is 1. The first-order valence-electron chi connectivity index (χ1n) is 9.82. The number of benzene rings is 2. The molecule has 0 fully saturated rings. The number of amides is 2. The van der Waals surface area contributed by atoms with Crippen molar-refractivity contribution in [2.75, 3.05) is 19.0 Å². The van der Waals surface area contributed by atoms with E-state index in [1.165, 1.54) is 7.11 Å². The van der Waals surface area contributed by atoms with Gasteiger partial charge in [0.05, 0.1) is 18.4 Å². The molecule has 1 heterocycles. The van der Waals surface area contributed by atoms with Crippen molar-refractivity contribution in [2.24, 2.45) is 0 Å². The van der Waals surface area contributed by atoms with Crippen LogP contribution in [0.2, 0.25) is 0 Å². The molecule has 3 aromatic rings. The quantitative estimate of drug-likeness (QED) is 0.598. The van der Waals surface area contributed by atoms with E-state index in [1.54, 1.807) is 24.3 Å². The number of esters is 1. The van der Waals surface area contributed by atoms with Crippen LogP contribution in [-0.4, -0.2) is 36.0 Å². The normalized spacial score (nSPS) is 10.5. The summed E-state index contributed by atoms with van der Waals surface area (Å²) in [7, 11) is 1.25. The van der Waals surface area contributed by atoms with Crippen molar-refractivity contribution in [1.29, 1.82) is 0 Å². The number of aromatic nitrogens is 1. The van der Waals surface area contributed by atoms with Gasteiger partial charge in [-0.15, -0.1) is 0 Å². The number of nitrogens with zero attached hydrogens (tertiary/aromatic N) is 1. The number of rotatable bonds is 6. The van der Waals surface area contributed by atoms with Crippen LogP contribution in [0.5, 0.6) is 0 Å². The van der Waals surface area contributed by atoms with Gasteiger partial charge in [-0.25, -0.2) is 0 Å². The van der Waals surface area contributed by atoms with Crippen LogP contribution in [0, 0.1) is 20.8 Å². The highest BCUT2D eigenvalue weighted by Gasteiger charge is 2.16. The number of hydrogen-bond acceptors (Lipinski definition) is 4. The molecule has 0 aliphatic rings. The molecule has 7 heteroatoms. The summed E-state index contributed by atoms with van der Waals surface area (Å²) in [6.45, 7) is 5.73. The van der Waals surface area contributed by atoms with Crippen LogP contribution in [0.1, 0.15) is 37.7 Å². The second-order valence-corrected chi connectivity index (χ2v) is 7.26. The molecule has 0 bridgehead atoms. The Balaban J connectivity index is 1.79. The molecule has 0 aliphatic carbocycles. The Morgan fingerprint density at radius 1 is 0.871 bits per heavy atom. The second-order valence-electron chi connectivity index (χ2n) is 7.26. The van der Waals surface area contributed by atoms with E-state index in [1.807, 2.05) is 55.7 Å². The monoisotopic (exact) mass is 419 g/mol. The van der Waals surface area contributed by atoms with Gasteiger partial charge in [0, 0.05) is 22.6 Å². The predicted octanol–water partition coefficient (Wildman–Crippen LogP) is 3.56. The third kappa shape index (κ3) is 5.01. The molecule has 0 atom stereocenters. The molecule has 1 aromatic heterocycles. The van der Waals surface area contributed by atoms with E-state index in [2.05, 4.69) is 15.4 Å². The summed E-state index contributed by atoms with van der Waals surface area (Å²) in [6, 6.07) is 16.3. The van der Waals surface area contributed by atoms with Gasteiger partial charge < -0.3 is 19.9 Å². The zero-order valence-electron chi connectivity index (χ0n) is 18.0. The Morgan fingerprint density at radius 3 is 2.13 bits per heavy atom. The molecule has 31 heavy (non-hydrogen) atoms. The minimum absolute atomic E-state index is 0.206. The van der Waals surface area contributed by atoms with Crippen LogP contribution >= 0.6 is 0 Å². The lowest BCUT2D eigenvalue weighted by Gasteiger charge is -2.16. The van der Waals surface area contributed by atoms with Crippen LogP contribution in [0.25, 0.3) is 5.69 Å². The number of nitrogens with one attached hydrogen (secondary N) is 2. The van der Waals surface area contributed by atoms with Gasteiger partial charge in [0.15, 0.2) is 0 Å². The van der Waals surface area contributed by atoms with Gasteiger partial charge in [-0.3, -0.25) is 14.4 Å². The topological polar surface area (TPSA) is 89.4 Å². The molecule has 3 rings (SSSR count). The van der Waals surface area contributed by atoms with Gasteiger partial charge in [0.2, 0.25) is 0 Å². The maximum atomic E-state index is 13.1. The average Bonchev–Trinajstić information content (AvgIpc) is 3.10. The molecule has 0 aliphatic heterocycles. The van der Waals surface area contributed by atoms with Gasteiger partial charge >= 0.3 is 5.97 Å². The van der Waals surface area contributed by atoms with Crippen molar-refractivity contribution in [3.63, 3.8) is 0 Å². The number of aryl methyl sites for hydroxylation is 3. The third-order valence-corrected chi connectivity index (χ3v) is 4.93. The summed E-state index contributed by atoms with van der Waals surface area (Å²) in [4.78, 5) is 36.3. The molecule has 2 N–H and O–H groups in total. The SMILES string of the molecule is COC(=O)CNC(=O)c1ccc(NC(=O)c2cc(C)ccc2-n2c(C)ccc2C)cc1. The smallest absolute Gasteiger partial charge is 0.325 e. The predicted molar refractivity (Wildman–Crippen MR) is 119 cm³/mol. The number of hydrogen-bond donors (Lipinski definition) is 2. The number of ether oxygens (including phenoxy) is 1. The first-order valence-corrected chi connectivity index (χ1v) is 9.82. The Labute approximate surface area is 181 Å². The first kappa shape index (κ1) is 21.8. The van der Waals surface area contributed by atoms with Crippen molar-refractivity contribution in [3.05, 3.63) is 82.7 Å². The highest BCUT2D eigenvalue weighted by Crippen LogP contribution is 2.23. The minimum Gasteiger partial charge on any atom is -0.468 e. The van der Waals surface area contributed by atoms with Crippen LogP contribution in [0.3, 0.4) is 0 Å². The van der Waals surface area contributed by atoms with E-state index in [9.17, 15) is 14.4 Å². The lowest BCUT2D eigenvalue weighted by molar-refractivity contribution is -0.139. The van der Waals surface area contributed by atoms with Crippen LogP contribution in [0.15, 0.2) is 54.6 Å². The molecule has 0 saturated carbocycles. The molecule has 7 nitrogen and oxygen atoms in total. The van der Waals surface area contributed by atoms with Crippen LogP contribution in [-0.2, 0) is 9.53 Å². The van der Waals surface area contributed by atoms with Crippen molar-refractivity contribution in [3.8, 4) is 5.69 Å². The Hall–Kier alpha value is -3.87. The van der Waals surface area contributed by atoms with E-state index < -0.39 is 11.9 Å². The molecule has 160 valence electrons. The zero-order chi connectivity index (χ0) is 22.5. The highest BCUT2D eigenvalue weighted by atomic mass is 16.5. The Morgan fingerprint density at radius 2 is 1.52 bits per heavy atom. The molecule has 2 aromatic carbocycles. The van der Waals surface area contributed by atoms with E-state index >= 15 is 0 Å². The van der Waals surface area contributed by atoms with E-state index in [0.717, 1.165) is 22.6 Å². The van der Waals surface area contributed by atoms with Gasteiger partial charge in [0.1, 0.15) is 6.54 Å². The van der Waals surface area contributed by atoms with E-state index in [4.69, 9.17) is 0 Å². The Kier molecular flexibility index (Phi) is 6.55. The minimum atomic E-state index is -0.528. The lowest BCUT2D eigenvalue weighted by atomic mass is 10.1. The molecule has 0 radical (unpaired) electrons. The molecule has 2 amide bonds. The van der Waals surface area contributed by atoms with Crippen LogP contribution in [0.4, 0.5) is 5.69 Å². The van der Waals surface area contributed by atoms with Crippen molar-refractivity contribution >= 4 is 23.5 Å². The van der Waals surface area contributed by atoms with E-state index in [-0.39, 0.29) is 12.5 Å². The largest absolute Gasteiger partial charge is 0.468 e. The fourth-order valence-corrected chi connectivity index (χ4v) is 3.31. The molecule has 0 spiro atoms. The summed E-state index contributed by atoms with van der Waals surface area (Å²) in [5.74, 6) is -1.17. The van der Waals surface area contributed by atoms with Crippen molar-refractivity contribution in [2.45, 2.75) is 20.8 Å². The molecule has 0 saturated heterocycles. The molecular formula is C24H25N3O4. The molecule has 0 unspecified atom stereocenters. The fourth-order valence-electron chi connectivity index (χ4n) is 3.31. The van der Waals surface area contributed by atoms with Gasteiger partial charge in [-0.05, 0) is 69.3 Å². The standard InChI is InChI=1S/C24H25N3O4/c1-15-5-12-21(27-16(2)6-7-17(27)3)20(13-15)24(30)26-19-10-8-18(9-11-19)23(29)25-14-22(28)31-4/h5-13H,14H2,1-4H3,(H,25,29)(H,26,30). The highest BCUT2D eigenvalue weighted by molar-refractivity contribution is 6.07. The number of carbonyl (C=O) groups is 3. The average molecular weight is 419 g/mol. The van der Waals surface area contributed by atoms with Crippen molar-refractivity contribution < 1.29 is 19.1 Å². The van der Waals surface area contributed by atoms with Crippen LogP contribution < -0.4 is 10.6 Å². The molecular weight excluding hydrogens is 394 g/mol. The maximum Gasteiger partial charge on any atom is 0.325 e. The second kappa shape index (κ2) is 9.30. The summed E-state index contributed by atoms with van der Waals surface area (Å²) < 4.78 is 6.54. The number of anilines is 1. The first-order chi connectivity index (χ1) is 14.8.